The van der Waals surface area contributed by atoms with Gasteiger partial charge in [-0.05, 0) is 44.0 Å². The van der Waals surface area contributed by atoms with E-state index >= 15 is 0 Å². The van der Waals surface area contributed by atoms with Gasteiger partial charge < -0.3 is 15.4 Å². The number of anilines is 2. The van der Waals surface area contributed by atoms with Gasteiger partial charge in [-0.1, -0.05) is 12.1 Å². The molecule has 164 valence electrons. The van der Waals surface area contributed by atoms with Gasteiger partial charge in [0.1, 0.15) is 17.0 Å². The van der Waals surface area contributed by atoms with Crippen LogP contribution in [0.25, 0.3) is 20.4 Å². The second-order valence-corrected chi connectivity index (χ2v) is 9.73. The predicted octanol–water partition coefficient (Wildman–Crippen LogP) is 4.70. The van der Waals surface area contributed by atoms with Gasteiger partial charge >= 0.3 is 0 Å². The van der Waals surface area contributed by atoms with E-state index in [1.54, 1.807) is 17.7 Å². The molecule has 3 aromatic heterocycles. The third-order valence-electron chi connectivity index (χ3n) is 5.61. The van der Waals surface area contributed by atoms with Crippen molar-refractivity contribution in [3.63, 3.8) is 0 Å². The zero-order chi connectivity index (χ0) is 22.3. The van der Waals surface area contributed by atoms with E-state index in [2.05, 4.69) is 40.5 Å². The lowest BCUT2D eigenvalue weighted by atomic mass is 9.95. The fourth-order valence-electron chi connectivity index (χ4n) is 3.99. The van der Waals surface area contributed by atoms with Crippen molar-refractivity contribution in [1.82, 2.24) is 15.0 Å². The van der Waals surface area contributed by atoms with E-state index in [9.17, 15) is 4.79 Å². The lowest BCUT2D eigenvalue weighted by Crippen LogP contribution is -2.32. The zero-order valence-electron chi connectivity index (χ0n) is 18.4. The Morgan fingerprint density at radius 1 is 1.22 bits per heavy atom. The average molecular weight is 448 g/mol. The molecule has 0 spiro atoms. The summed E-state index contributed by atoms with van der Waals surface area (Å²) in [7, 11) is 0. The SMILES string of the molecule is CC(=O)Nc1ccc(CCNc2ncnc3c2sc2nc4c(cc23)COC(C)(C)C4)cc1. The molecule has 5 rings (SSSR count). The number of rotatable bonds is 5. The van der Waals surface area contributed by atoms with Crippen LogP contribution in [0.15, 0.2) is 36.7 Å². The highest BCUT2D eigenvalue weighted by Gasteiger charge is 2.28. The quantitative estimate of drug-likeness (QED) is 0.461. The second kappa shape index (κ2) is 8.11. The molecule has 0 fully saturated rings. The number of aromatic nitrogens is 3. The van der Waals surface area contributed by atoms with Crippen LogP contribution in [-0.4, -0.2) is 33.0 Å². The molecule has 1 amide bonds. The molecule has 2 N–H and O–H groups in total. The van der Waals surface area contributed by atoms with Crippen LogP contribution < -0.4 is 10.6 Å². The summed E-state index contributed by atoms with van der Waals surface area (Å²) < 4.78 is 7.00. The molecule has 0 radical (unpaired) electrons. The smallest absolute Gasteiger partial charge is 0.221 e. The number of carbonyl (C=O) groups is 1. The van der Waals surface area contributed by atoms with Crippen molar-refractivity contribution in [2.45, 2.75) is 45.8 Å². The van der Waals surface area contributed by atoms with E-state index in [1.165, 1.54) is 12.5 Å². The molecule has 1 aliphatic rings. The maximum atomic E-state index is 11.2. The minimum atomic E-state index is -0.183. The van der Waals surface area contributed by atoms with Crippen LogP contribution in [0.5, 0.6) is 0 Å². The van der Waals surface area contributed by atoms with Crippen molar-refractivity contribution >= 4 is 49.2 Å². The van der Waals surface area contributed by atoms with Gasteiger partial charge in [-0.2, -0.15) is 0 Å². The van der Waals surface area contributed by atoms with Gasteiger partial charge in [-0.25, -0.2) is 15.0 Å². The Balaban J connectivity index is 1.36. The van der Waals surface area contributed by atoms with E-state index in [1.807, 2.05) is 24.3 Å². The third-order valence-corrected chi connectivity index (χ3v) is 6.70. The maximum absolute atomic E-state index is 11.2. The zero-order valence-corrected chi connectivity index (χ0v) is 19.2. The van der Waals surface area contributed by atoms with Gasteiger partial charge in [0.05, 0.1) is 28.1 Å². The van der Waals surface area contributed by atoms with Crippen LogP contribution >= 0.6 is 11.3 Å². The van der Waals surface area contributed by atoms with Crippen molar-refractivity contribution in [1.29, 1.82) is 0 Å². The van der Waals surface area contributed by atoms with Crippen LogP contribution in [0, 0.1) is 0 Å². The van der Waals surface area contributed by atoms with Gasteiger partial charge in [0.25, 0.3) is 0 Å². The van der Waals surface area contributed by atoms with E-state index in [0.29, 0.717) is 6.61 Å². The van der Waals surface area contributed by atoms with E-state index in [4.69, 9.17) is 9.72 Å². The minimum Gasteiger partial charge on any atom is -0.370 e. The van der Waals surface area contributed by atoms with Crippen molar-refractivity contribution in [3.05, 3.63) is 53.5 Å². The van der Waals surface area contributed by atoms with Crippen molar-refractivity contribution < 1.29 is 9.53 Å². The van der Waals surface area contributed by atoms with E-state index < -0.39 is 0 Å². The molecule has 32 heavy (non-hydrogen) atoms. The molecule has 1 aromatic carbocycles. The largest absolute Gasteiger partial charge is 0.370 e. The first kappa shape index (κ1) is 20.8. The van der Waals surface area contributed by atoms with E-state index in [-0.39, 0.29) is 11.5 Å². The Kier molecular flexibility index (Phi) is 5.27. The number of thiophene rings is 1. The van der Waals surface area contributed by atoms with Gasteiger partial charge in [-0.3, -0.25) is 4.79 Å². The summed E-state index contributed by atoms with van der Waals surface area (Å²) in [4.78, 5) is 26.2. The molecule has 4 aromatic rings. The molecule has 7 nitrogen and oxygen atoms in total. The lowest BCUT2D eigenvalue weighted by Gasteiger charge is -2.30. The molecule has 4 heterocycles. The number of hydrogen-bond acceptors (Lipinski definition) is 7. The number of nitrogens with zero attached hydrogens (tertiary/aromatic N) is 3. The number of pyridine rings is 1. The van der Waals surface area contributed by atoms with Crippen LogP contribution in [0.1, 0.15) is 37.6 Å². The molecular weight excluding hydrogens is 422 g/mol. The van der Waals surface area contributed by atoms with Gasteiger partial charge in [-0.15, -0.1) is 11.3 Å². The standard InChI is InChI=1S/C24H25N5O2S/c1-14(30)28-17-6-4-15(5-7-17)8-9-25-22-21-20(26-13-27-22)18-10-16-12-31-24(2,3)11-19(16)29-23(18)32-21/h4-7,10,13H,8-9,11-12H2,1-3H3,(H,28,30)(H,25,26,27). The minimum absolute atomic E-state index is 0.0675. The Morgan fingerprint density at radius 3 is 2.81 bits per heavy atom. The molecule has 0 saturated heterocycles. The highest BCUT2D eigenvalue weighted by molar-refractivity contribution is 7.25. The number of ether oxygens (including phenoxy) is 1. The van der Waals surface area contributed by atoms with Crippen molar-refractivity contribution in [3.8, 4) is 0 Å². The number of amides is 1. The predicted molar refractivity (Wildman–Crippen MR) is 128 cm³/mol. The molecular formula is C24H25N5O2S. The molecule has 0 bridgehead atoms. The van der Waals surface area contributed by atoms with Gasteiger partial charge in [0, 0.05) is 36.5 Å². The normalized spacial score (nSPS) is 15.0. The highest BCUT2D eigenvalue weighted by atomic mass is 32.1. The van der Waals surface area contributed by atoms with Gasteiger partial charge in [0.2, 0.25) is 5.91 Å². The topological polar surface area (TPSA) is 89.0 Å². The van der Waals surface area contributed by atoms with Crippen LogP contribution in [0.3, 0.4) is 0 Å². The summed E-state index contributed by atoms with van der Waals surface area (Å²) in [6.07, 6.45) is 3.26. The molecule has 8 heteroatoms. The third kappa shape index (κ3) is 4.16. The summed E-state index contributed by atoms with van der Waals surface area (Å²) in [5.74, 6) is 0.768. The summed E-state index contributed by atoms with van der Waals surface area (Å²) in [5, 5.41) is 7.31. The maximum Gasteiger partial charge on any atom is 0.221 e. The molecule has 0 aliphatic carbocycles. The second-order valence-electron chi connectivity index (χ2n) is 8.73. The Bertz CT molecular complexity index is 1310. The number of hydrogen-bond donors (Lipinski definition) is 2. The highest BCUT2D eigenvalue weighted by Crippen LogP contribution is 2.37. The lowest BCUT2D eigenvalue weighted by molar-refractivity contribution is -0.114. The summed E-state index contributed by atoms with van der Waals surface area (Å²) >= 11 is 1.64. The number of fused-ring (bicyclic) bond motifs is 4. The first-order valence-electron chi connectivity index (χ1n) is 10.7. The van der Waals surface area contributed by atoms with Crippen molar-refractivity contribution in [2.75, 3.05) is 17.2 Å². The van der Waals surface area contributed by atoms with E-state index in [0.717, 1.165) is 62.6 Å². The molecule has 0 atom stereocenters. The first-order chi connectivity index (χ1) is 15.4. The number of nitrogens with one attached hydrogen (secondary N) is 2. The Hall–Kier alpha value is -3.10. The molecule has 1 aliphatic heterocycles. The first-order valence-corrected chi connectivity index (χ1v) is 11.5. The number of carbonyl (C=O) groups excluding carboxylic acids is 1. The molecule has 0 saturated carbocycles. The van der Waals surface area contributed by atoms with Crippen LogP contribution in [0.4, 0.5) is 11.5 Å². The van der Waals surface area contributed by atoms with Crippen LogP contribution in [0.2, 0.25) is 0 Å². The average Bonchev–Trinajstić information content (AvgIpc) is 3.11. The monoisotopic (exact) mass is 447 g/mol. The number of benzene rings is 1. The summed E-state index contributed by atoms with van der Waals surface area (Å²) in [5.41, 5.74) is 5.00. The fraction of sp³-hybridized carbons (Fsp3) is 0.333. The van der Waals surface area contributed by atoms with Gasteiger partial charge in [0.15, 0.2) is 0 Å². The summed E-state index contributed by atoms with van der Waals surface area (Å²) in [6, 6.07) is 10.1. The Morgan fingerprint density at radius 2 is 2.03 bits per heavy atom. The summed E-state index contributed by atoms with van der Waals surface area (Å²) in [6.45, 7) is 7.04. The Labute approximate surface area is 190 Å². The van der Waals surface area contributed by atoms with Crippen molar-refractivity contribution in [2.24, 2.45) is 0 Å². The van der Waals surface area contributed by atoms with Crippen LogP contribution in [-0.2, 0) is 29.0 Å². The fourth-order valence-corrected chi connectivity index (χ4v) is 5.09. The molecule has 0 unspecified atom stereocenters.